The monoisotopic (exact) mass is 658 g/mol. The molecule has 1 aromatic rings. The van der Waals surface area contributed by atoms with E-state index in [1.807, 2.05) is 54.3 Å². The maximum absolute atomic E-state index is 14.1. The van der Waals surface area contributed by atoms with Gasteiger partial charge < -0.3 is 33.6 Å². The minimum Gasteiger partial charge on any atom is -0.459 e. The number of hydrogen-bond acceptors (Lipinski definition) is 10. The van der Waals surface area contributed by atoms with Crippen LogP contribution in [0, 0.1) is 22.7 Å². The van der Waals surface area contributed by atoms with Crippen LogP contribution in [-0.4, -0.2) is 84.8 Å². The molecule has 0 radical (unpaired) electrons. The zero-order valence-corrected chi connectivity index (χ0v) is 29.7. The van der Waals surface area contributed by atoms with Gasteiger partial charge in [-0.25, -0.2) is 4.79 Å². The molecule has 11 heteroatoms. The van der Waals surface area contributed by atoms with Crippen LogP contribution in [0.1, 0.15) is 71.7 Å². The molecule has 2 N–H and O–H groups in total. The van der Waals surface area contributed by atoms with E-state index in [4.69, 9.17) is 23.4 Å². The van der Waals surface area contributed by atoms with E-state index in [9.17, 15) is 24.6 Å². The van der Waals surface area contributed by atoms with Crippen molar-refractivity contribution in [3.63, 3.8) is 0 Å². The van der Waals surface area contributed by atoms with Gasteiger partial charge in [-0.05, 0) is 62.2 Å². The normalized spacial score (nSPS) is 39.9. The Labute approximate surface area is 272 Å². The quantitative estimate of drug-likeness (QED) is 0.193. The van der Waals surface area contributed by atoms with Crippen LogP contribution in [0.4, 0.5) is 0 Å². The molecule has 4 aliphatic rings. The fraction of sp³-hybridized carbons (Fsp3) is 0.686. The third-order valence-electron chi connectivity index (χ3n) is 11.4. The number of carbonyl (C=O) groups excluding carboxylic acids is 3. The highest BCUT2D eigenvalue weighted by atomic mass is 28.4. The third kappa shape index (κ3) is 5.26. The van der Waals surface area contributed by atoms with Crippen LogP contribution in [0.2, 0.25) is 19.6 Å². The van der Waals surface area contributed by atoms with E-state index in [-0.39, 0.29) is 24.5 Å². The molecule has 1 aromatic carbocycles. The van der Waals surface area contributed by atoms with Gasteiger partial charge in [0.2, 0.25) is 0 Å². The summed E-state index contributed by atoms with van der Waals surface area (Å²) >= 11 is 0. The molecule has 46 heavy (non-hydrogen) atoms. The van der Waals surface area contributed by atoms with E-state index in [1.54, 1.807) is 30.3 Å². The average Bonchev–Trinajstić information content (AvgIpc) is 2.93. The molecule has 0 amide bonds. The summed E-state index contributed by atoms with van der Waals surface area (Å²) in [7, 11) is -2.23. The first kappa shape index (κ1) is 34.8. The largest absolute Gasteiger partial charge is 0.459 e. The van der Waals surface area contributed by atoms with E-state index in [0.29, 0.717) is 12.0 Å². The number of aliphatic hydroxyl groups excluding tert-OH is 1. The molecule has 5 rings (SSSR count). The summed E-state index contributed by atoms with van der Waals surface area (Å²) in [5, 5.41) is 25.9. The summed E-state index contributed by atoms with van der Waals surface area (Å²) in [4.78, 5) is 39.8. The van der Waals surface area contributed by atoms with Gasteiger partial charge >= 0.3 is 17.9 Å². The first-order chi connectivity index (χ1) is 21.2. The molecule has 3 fully saturated rings. The zero-order valence-electron chi connectivity index (χ0n) is 28.7. The molecular formula is C35H50O10Si. The summed E-state index contributed by atoms with van der Waals surface area (Å²) in [5.41, 5.74) is -4.07. The van der Waals surface area contributed by atoms with E-state index in [2.05, 4.69) is 0 Å². The van der Waals surface area contributed by atoms with Gasteiger partial charge in [0.15, 0.2) is 13.9 Å². The molecule has 2 saturated carbocycles. The Balaban J connectivity index is 1.86. The second-order valence-corrected chi connectivity index (χ2v) is 20.0. The molecule has 3 aliphatic carbocycles. The van der Waals surface area contributed by atoms with Crippen molar-refractivity contribution in [2.45, 2.75) is 123 Å². The van der Waals surface area contributed by atoms with E-state index < -0.39 is 84.7 Å². The van der Waals surface area contributed by atoms with Crippen LogP contribution < -0.4 is 0 Å². The van der Waals surface area contributed by atoms with Crippen molar-refractivity contribution in [3.8, 4) is 0 Å². The molecule has 254 valence electrons. The highest BCUT2D eigenvalue weighted by Gasteiger charge is 2.77. The van der Waals surface area contributed by atoms with Crippen molar-refractivity contribution in [3.05, 3.63) is 47.0 Å². The lowest BCUT2D eigenvalue weighted by atomic mass is 9.43. The first-order valence-electron chi connectivity index (χ1n) is 16.2. The summed E-state index contributed by atoms with van der Waals surface area (Å²) in [5.74, 6) is -3.08. The summed E-state index contributed by atoms with van der Waals surface area (Å²) < 4.78 is 31.6. The van der Waals surface area contributed by atoms with Crippen molar-refractivity contribution in [1.29, 1.82) is 0 Å². The zero-order chi connectivity index (χ0) is 34.2. The Morgan fingerprint density at radius 2 is 1.61 bits per heavy atom. The fourth-order valence-corrected chi connectivity index (χ4v) is 10.2. The molecule has 10 atom stereocenters. The highest BCUT2D eigenvalue weighted by molar-refractivity contribution is 6.69. The Bertz CT molecular complexity index is 1420. The van der Waals surface area contributed by atoms with Gasteiger partial charge in [-0.15, -0.1) is 0 Å². The number of benzene rings is 1. The van der Waals surface area contributed by atoms with Gasteiger partial charge in [-0.3, -0.25) is 9.59 Å². The first-order valence-corrected chi connectivity index (χ1v) is 19.7. The van der Waals surface area contributed by atoms with Crippen molar-refractivity contribution in [1.82, 2.24) is 0 Å². The van der Waals surface area contributed by atoms with E-state index in [0.717, 1.165) is 5.57 Å². The molecule has 2 bridgehead atoms. The lowest BCUT2D eigenvalue weighted by Gasteiger charge is -2.69. The third-order valence-corrected chi connectivity index (χ3v) is 12.4. The molecular weight excluding hydrogens is 608 g/mol. The van der Waals surface area contributed by atoms with Crippen LogP contribution in [0.15, 0.2) is 41.5 Å². The fourth-order valence-electron chi connectivity index (χ4n) is 9.08. The van der Waals surface area contributed by atoms with Crippen LogP contribution in [0.25, 0.3) is 0 Å². The average molecular weight is 659 g/mol. The van der Waals surface area contributed by atoms with Crippen molar-refractivity contribution in [2.75, 3.05) is 6.61 Å². The Morgan fingerprint density at radius 3 is 2.13 bits per heavy atom. The standard InChI is InChI=1S/C35H50O10Si/c1-19-16-25-34(18-41-25,44-22(4)37)28-30(43-31(39)23-14-12-11-13-15-23)35(40)17-24(45-46(8,9)10)20(2)26(32(35,5)6)27(38)29(33(19,28)7)42-21(3)36/h11-15,19,24-25,27-30,38,40H,16-18H2,1-10H3/t19-,24-,25+,27+,28?,29+,30?,33+,34-,35+/m0/s1. The Hall–Kier alpha value is -2.57. The van der Waals surface area contributed by atoms with Gasteiger partial charge in [0.05, 0.1) is 24.2 Å². The topological polar surface area (TPSA) is 138 Å². The summed E-state index contributed by atoms with van der Waals surface area (Å²) in [6.45, 7) is 18.1. The molecule has 2 unspecified atom stereocenters. The van der Waals surface area contributed by atoms with Crippen LogP contribution in [0.3, 0.4) is 0 Å². The van der Waals surface area contributed by atoms with Crippen molar-refractivity contribution >= 4 is 26.2 Å². The van der Waals surface area contributed by atoms with Crippen LogP contribution in [0.5, 0.6) is 0 Å². The maximum Gasteiger partial charge on any atom is 0.338 e. The number of ether oxygens (including phenoxy) is 4. The SMILES string of the molecule is CC(=O)O[C@@H]1[C@H](O)C2=C(C)[C@@H](O[Si](C)(C)C)C[C@@](O)(C(OC(=O)c3ccccc3)C3[C@@]1(C)[C@@H](C)C[C@H]1OC[C@@]31OC(C)=O)C2(C)C. The van der Waals surface area contributed by atoms with Gasteiger partial charge in [0, 0.05) is 31.1 Å². The molecule has 1 saturated heterocycles. The minimum atomic E-state index is -2.23. The number of fused-ring (bicyclic) bond motifs is 5. The van der Waals surface area contributed by atoms with Crippen molar-refractivity contribution in [2.24, 2.45) is 22.7 Å². The van der Waals surface area contributed by atoms with Crippen molar-refractivity contribution < 1.29 is 48.0 Å². The lowest BCUT2D eigenvalue weighted by molar-refractivity contribution is -0.358. The Morgan fingerprint density at radius 1 is 0.978 bits per heavy atom. The lowest BCUT2D eigenvalue weighted by Crippen LogP contribution is -2.81. The molecule has 1 aliphatic heterocycles. The highest BCUT2D eigenvalue weighted by Crippen LogP contribution is 2.66. The van der Waals surface area contributed by atoms with E-state index >= 15 is 0 Å². The number of aliphatic hydroxyl groups is 2. The maximum atomic E-state index is 14.1. The second-order valence-electron chi connectivity index (χ2n) is 15.6. The van der Waals surface area contributed by atoms with Gasteiger partial charge in [0.25, 0.3) is 0 Å². The Kier molecular flexibility index (Phi) is 8.72. The predicted octanol–water partition coefficient (Wildman–Crippen LogP) is 4.58. The predicted molar refractivity (Wildman–Crippen MR) is 171 cm³/mol. The van der Waals surface area contributed by atoms with Crippen LogP contribution in [-0.2, 0) is 33.0 Å². The number of esters is 3. The summed E-state index contributed by atoms with van der Waals surface area (Å²) in [6, 6.07) is 8.52. The molecule has 0 spiro atoms. The number of carbonyl (C=O) groups is 3. The molecule has 1 heterocycles. The van der Waals surface area contributed by atoms with Gasteiger partial charge in [-0.1, -0.05) is 45.9 Å². The van der Waals surface area contributed by atoms with E-state index in [1.165, 1.54) is 13.8 Å². The minimum absolute atomic E-state index is 0.0143. The summed E-state index contributed by atoms with van der Waals surface area (Å²) in [6.07, 6.45) is -4.55. The van der Waals surface area contributed by atoms with Gasteiger partial charge in [-0.2, -0.15) is 0 Å². The number of rotatable bonds is 6. The molecule has 10 nitrogen and oxygen atoms in total. The van der Waals surface area contributed by atoms with Gasteiger partial charge in [0.1, 0.15) is 30.0 Å². The molecule has 0 aromatic heterocycles. The number of hydrogen-bond donors (Lipinski definition) is 2. The second kappa shape index (κ2) is 11.5. The smallest absolute Gasteiger partial charge is 0.338 e. The van der Waals surface area contributed by atoms with Crippen LogP contribution >= 0.6 is 0 Å².